The van der Waals surface area contributed by atoms with Crippen molar-refractivity contribution < 1.29 is 27.5 Å². The summed E-state index contributed by atoms with van der Waals surface area (Å²) in [6.45, 7) is -0.0233. The van der Waals surface area contributed by atoms with Crippen LogP contribution in [0.1, 0.15) is 12.0 Å². The van der Waals surface area contributed by atoms with Crippen LogP contribution in [0.25, 0.3) is 11.3 Å². The molecule has 0 saturated carbocycles. The minimum Gasteiger partial charge on any atom is -0.858 e. The van der Waals surface area contributed by atoms with E-state index in [4.69, 9.17) is 0 Å². The molecule has 4 rings (SSSR count). The van der Waals surface area contributed by atoms with Crippen molar-refractivity contribution in [3.8, 4) is 11.3 Å². The summed E-state index contributed by atoms with van der Waals surface area (Å²) in [7, 11) is 1.57. The van der Waals surface area contributed by atoms with Crippen molar-refractivity contribution in [2.45, 2.75) is 12.6 Å². The van der Waals surface area contributed by atoms with E-state index in [0.29, 0.717) is 11.3 Å². The molecule has 0 spiro atoms. The Morgan fingerprint density at radius 3 is 2.54 bits per heavy atom. The molecule has 1 amide bonds. The van der Waals surface area contributed by atoms with Crippen LogP contribution in [0.3, 0.4) is 0 Å². The largest absolute Gasteiger partial charge is 0.858 e. The van der Waals surface area contributed by atoms with Crippen LogP contribution >= 0.6 is 0 Å². The lowest BCUT2D eigenvalue weighted by Gasteiger charge is -2.17. The topological polar surface area (TPSA) is 94.7 Å². The molecule has 35 heavy (non-hydrogen) atoms. The van der Waals surface area contributed by atoms with Gasteiger partial charge in [0.1, 0.15) is 11.6 Å². The van der Waals surface area contributed by atoms with Crippen LogP contribution in [0.15, 0.2) is 76.2 Å². The predicted molar refractivity (Wildman–Crippen MR) is 121 cm³/mol. The summed E-state index contributed by atoms with van der Waals surface area (Å²) in [5, 5.41) is 19.1. The molecular weight excluding hydrogens is 466 g/mol. The highest BCUT2D eigenvalue weighted by molar-refractivity contribution is 6.27. The van der Waals surface area contributed by atoms with E-state index in [1.165, 1.54) is 53.2 Å². The number of carbonyl (C=O) groups is 1. The van der Waals surface area contributed by atoms with Gasteiger partial charge in [-0.1, -0.05) is 36.4 Å². The van der Waals surface area contributed by atoms with Gasteiger partial charge < -0.3 is 10.4 Å². The first kappa shape index (κ1) is 23.9. The summed E-state index contributed by atoms with van der Waals surface area (Å²) < 4.78 is 54.7. The molecule has 2 aromatic carbocycles. The zero-order chi connectivity index (χ0) is 25.2. The molecule has 3 aromatic rings. The van der Waals surface area contributed by atoms with Gasteiger partial charge in [-0.25, -0.2) is 9.38 Å². The fourth-order valence-electron chi connectivity index (χ4n) is 3.43. The number of aryl methyl sites for hydroxylation is 1. The number of hydrogen-bond donors (Lipinski definition) is 1. The Hall–Kier alpha value is -4.28. The number of nitrogens with zero attached hydrogens (tertiary/aromatic N) is 4. The van der Waals surface area contributed by atoms with Gasteiger partial charge in [0, 0.05) is 36.5 Å². The Bertz CT molecular complexity index is 1350. The first-order chi connectivity index (χ1) is 16.6. The molecule has 0 fully saturated rings. The van der Waals surface area contributed by atoms with Crippen molar-refractivity contribution in [2.75, 3.05) is 11.9 Å². The van der Waals surface area contributed by atoms with E-state index >= 15 is 0 Å². The van der Waals surface area contributed by atoms with Crippen LogP contribution in [0.4, 0.5) is 29.1 Å². The Kier molecular flexibility index (Phi) is 6.50. The highest BCUT2D eigenvalue weighted by atomic mass is 19.4. The van der Waals surface area contributed by atoms with Gasteiger partial charge in [-0.05, 0) is 30.5 Å². The quantitative estimate of drug-likeness (QED) is 0.338. The summed E-state index contributed by atoms with van der Waals surface area (Å²) >= 11 is 0. The van der Waals surface area contributed by atoms with Gasteiger partial charge in [-0.15, -0.1) is 0 Å². The third-order valence-corrected chi connectivity index (χ3v) is 5.13. The number of hydrogen-bond acceptors (Lipinski definition) is 5. The number of aliphatic imine (C=N–C) groups is 2. The van der Waals surface area contributed by atoms with E-state index < -0.39 is 35.1 Å². The summed E-state index contributed by atoms with van der Waals surface area (Å²) in [6, 6.07) is 13.3. The van der Waals surface area contributed by atoms with Gasteiger partial charge in [0.25, 0.3) is 5.91 Å². The Labute approximate surface area is 197 Å². The molecule has 7 nitrogen and oxygen atoms in total. The van der Waals surface area contributed by atoms with E-state index in [0.717, 1.165) is 0 Å². The number of alkyl halides is 3. The number of anilines is 1. The van der Waals surface area contributed by atoms with Gasteiger partial charge in [0.05, 0.1) is 11.3 Å². The molecule has 180 valence electrons. The molecule has 1 N–H and O–H groups in total. The van der Waals surface area contributed by atoms with Crippen molar-refractivity contribution in [1.29, 1.82) is 0 Å². The maximum absolute atomic E-state index is 13.8. The zero-order valence-electron chi connectivity index (χ0n) is 18.3. The molecule has 1 aromatic heterocycles. The summed E-state index contributed by atoms with van der Waals surface area (Å²) in [5.74, 6) is -2.14. The number of aromatic nitrogens is 2. The highest BCUT2D eigenvalue weighted by Crippen LogP contribution is 2.27. The molecule has 0 aliphatic carbocycles. The molecule has 11 heteroatoms. The Balaban J connectivity index is 1.50. The Morgan fingerprint density at radius 1 is 1.14 bits per heavy atom. The van der Waals surface area contributed by atoms with Gasteiger partial charge in [0.15, 0.2) is 5.71 Å². The van der Waals surface area contributed by atoms with E-state index in [1.54, 1.807) is 19.2 Å². The molecule has 0 atom stereocenters. The van der Waals surface area contributed by atoms with E-state index in [-0.39, 0.29) is 30.0 Å². The number of benzene rings is 2. The molecule has 1 aliphatic heterocycles. The normalized spacial score (nSPS) is 14.4. The van der Waals surface area contributed by atoms with E-state index in [9.17, 15) is 27.5 Å². The lowest BCUT2D eigenvalue weighted by molar-refractivity contribution is -0.212. The summed E-state index contributed by atoms with van der Waals surface area (Å²) in [4.78, 5) is 19.8. The SMILES string of the molecule is Cn1nc(-c2ccc(NC(=O)C3=CCCN=C3C(F)(F)F)cc2)cc1/N=C(\[O-])c1ccccc1F. The van der Waals surface area contributed by atoms with Crippen molar-refractivity contribution in [2.24, 2.45) is 17.0 Å². The van der Waals surface area contributed by atoms with Crippen LogP contribution in [0.2, 0.25) is 0 Å². The second kappa shape index (κ2) is 9.53. The van der Waals surface area contributed by atoms with Crippen molar-refractivity contribution in [3.05, 3.63) is 77.6 Å². The fourth-order valence-corrected chi connectivity index (χ4v) is 3.43. The van der Waals surface area contributed by atoms with Crippen LogP contribution in [0.5, 0.6) is 0 Å². The monoisotopic (exact) mass is 484 g/mol. The maximum Gasteiger partial charge on any atom is 0.433 e. The van der Waals surface area contributed by atoms with Crippen molar-refractivity contribution in [3.63, 3.8) is 0 Å². The van der Waals surface area contributed by atoms with Crippen LogP contribution < -0.4 is 10.4 Å². The second-order valence-corrected chi connectivity index (χ2v) is 7.57. The van der Waals surface area contributed by atoms with Crippen LogP contribution in [0, 0.1) is 5.82 Å². The molecule has 0 saturated heterocycles. The van der Waals surface area contributed by atoms with E-state index in [2.05, 4.69) is 20.4 Å². The average molecular weight is 484 g/mol. The Morgan fingerprint density at radius 2 is 1.86 bits per heavy atom. The van der Waals surface area contributed by atoms with Gasteiger partial charge in [-0.2, -0.15) is 18.3 Å². The minimum absolute atomic E-state index is 0.0233. The fraction of sp³-hybridized carbons (Fsp3) is 0.167. The third kappa shape index (κ3) is 5.29. The second-order valence-electron chi connectivity index (χ2n) is 7.57. The number of halogens is 4. The van der Waals surface area contributed by atoms with Crippen molar-refractivity contribution >= 4 is 29.0 Å². The van der Waals surface area contributed by atoms with E-state index in [1.807, 2.05) is 0 Å². The molecule has 2 heterocycles. The lowest BCUT2D eigenvalue weighted by Crippen LogP contribution is -2.33. The average Bonchev–Trinajstić information content (AvgIpc) is 3.19. The molecule has 0 unspecified atom stereocenters. The standard InChI is InChI=1S/C24H19F4N5O2/c1-33-20(31-22(34)16-5-2-3-7-18(16)25)13-19(32-33)14-8-10-15(11-9-14)30-23(35)17-6-4-12-29-21(17)24(26,27)28/h2-3,5-11,13H,4,12H2,1H3,(H,30,35)(H,31,34)/p-1. The number of carbonyl (C=O) groups excluding carboxylic acids is 1. The first-order valence-corrected chi connectivity index (χ1v) is 10.4. The third-order valence-electron chi connectivity index (χ3n) is 5.13. The van der Waals surface area contributed by atoms with Crippen LogP contribution in [-0.2, 0) is 11.8 Å². The first-order valence-electron chi connectivity index (χ1n) is 10.4. The zero-order valence-corrected chi connectivity index (χ0v) is 18.3. The van der Waals surface area contributed by atoms with Gasteiger partial charge in [0.2, 0.25) is 0 Å². The number of amides is 1. The predicted octanol–water partition coefficient (Wildman–Crippen LogP) is 3.94. The molecule has 0 bridgehead atoms. The van der Waals surface area contributed by atoms with Gasteiger partial charge in [-0.3, -0.25) is 14.5 Å². The number of rotatable bonds is 5. The number of nitrogens with one attached hydrogen (secondary N) is 1. The summed E-state index contributed by atoms with van der Waals surface area (Å²) in [5.41, 5.74) is -0.528. The van der Waals surface area contributed by atoms with Crippen molar-refractivity contribution in [1.82, 2.24) is 9.78 Å². The maximum atomic E-state index is 13.8. The highest BCUT2D eigenvalue weighted by Gasteiger charge is 2.40. The molecule has 1 aliphatic rings. The smallest absolute Gasteiger partial charge is 0.433 e. The van der Waals surface area contributed by atoms with Crippen LogP contribution in [-0.4, -0.2) is 40.0 Å². The number of dihydropyridines is 1. The molecular formula is C24H18F4N5O2-. The molecule has 0 radical (unpaired) electrons. The van der Waals surface area contributed by atoms with Gasteiger partial charge >= 0.3 is 6.18 Å². The summed E-state index contributed by atoms with van der Waals surface area (Å²) in [6.07, 6.45) is -3.25. The lowest BCUT2D eigenvalue weighted by atomic mass is 10.0. The minimum atomic E-state index is -4.72.